The molecule has 6 rings (SSSR count). The number of aromatic amines is 2. The van der Waals surface area contributed by atoms with Gasteiger partial charge < -0.3 is 14.8 Å². The van der Waals surface area contributed by atoms with Gasteiger partial charge in [-0.25, -0.2) is 4.98 Å². The molecule has 2 aromatic heterocycles. The molecule has 0 unspecified atom stereocenters. The number of hydrogen-bond acceptors (Lipinski definition) is 4. The number of nitrogens with one attached hydrogen (secondary N) is 2. The predicted molar refractivity (Wildman–Crippen MR) is 122 cm³/mol. The molecule has 4 heterocycles. The van der Waals surface area contributed by atoms with Gasteiger partial charge in [-0.1, -0.05) is 11.6 Å². The molecule has 2 aliphatic rings. The van der Waals surface area contributed by atoms with Crippen molar-refractivity contribution in [2.24, 2.45) is 0 Å². The maximum Gasteiger partial charge on any atom is 0.159 e. The first-order valence-electron chi connectivity index (χ1n) is 10.9. The van der Waals surface area contributed by atoms with Crippen molar-refractivity contribution in [1.29, 1.82) is 0 Å². The van der Waals surface area contributed by atoms with Crippen molar-refractivity contribution < 1.29 is 0 Å². The Labute approximate surface area is 180 Å². The van der Waals surface area contributed by atoms with Crippen LogP contribution in [0.5, 0.6) is 0 Å². The van der Waals surface area contributed by atoms with Gasteiger partial charge in [0.05, 0.1) is 16.6 Å². The van der Waals surface area contributed by atoms with Crippen LogP contribution in [-0.4, -0.2) is 57.3 Å². The zero-order chi connectivity index (χ0) is 20.1. The third kappa shape index (κ3) is 3.15. The molecule has 6 nitrogen and oxygen atoms in total. The van der Waals surface area contributed by atoms with Crippen LogP contribution in [0.25, 0.3) is 33.5 Å². The van der Waals surface area contributed by atoms with Gasteiger partial charge in [-0.2, -0.15) is 5.10 Å². The molecule has 2 aliphatic heterocycles. The summed E-state index contributed by atoms with van der Waals surface area (Å²) in [6.07, 6.45) is 5.26. The minimum atomic E-state index is 0.695. The maximum atomic E-state index is 6.19. The molecule has 0 atom stereocenters. The number of benzene rings is 2. The topological polar surface area (TPSA) is 63.8 Å². The lowest BCUT2D eigenvalue weighted by Gasteiger charge is -2.37. The standard InChI is InChI=1S/C23H25ClN6/c24-15-3-5-19-18(13-15)22(28-27-19)23-25-20-6-4-17(14-21(20)26-23)30-11-7-16(8-12-30)29-9-1-2-10-29/h3-6,13-14,16H,1-2,7-12H2,(H,25,26)(H,27,28). The van der Waals surface area contributed by atoms with Gasteiger partial charge in [0, 0.05) is 35.2 Å². The minimum absolute atomic E-state index is 0.695. The Balaban J connectivity index is 1.26. The molecular formula is C23H25ClN6. The normalized spacial score (nSPS) is 18.8. The minimum Gasteiger partial charge on any atom is -0.371 e. The molecule has 4 aromatic rings. The first-order chi connectivity index (χ1) is 14.7. The van der Waals surface area contributed by atoms with E-state index < -0.39 is 0 Å². The van der Waals surface area contributed by atoms with Gasteiger partial charge in [-0.3, -0.25) is 5.10 Å². The number of H-pyrrole nitrogens is 2. The third-order valence-corrected chi connectivity index (χ3v) is 6.94. The Hall–Kier alpha value is -2.57. The van der Waals surface area contributed by atoms with Crippen LogP contribution in [0, 0.1) is 0 Å². The van der Waals surface area contributed by atoms with E-state index >= 15 is 0 Å². The van der Waals surface area contributed by atoms with E-state index in [4.69, 9.17) is 16.6 Å². The van der Waals surface area contributed by atoms with E-state index in [-0.39, 0.29) is 0 Å². The van der Waals surface area contributed by atoms with E-state index in [9.17, 15) is 0 Å². The van der Waals surface area contributed by atoms with Crippen molar-refractivity contribution in [2.45, 2.75) is 31.7 Å². The fourth-order valence-electron chi connectivity index (χ4n) is 5.07. The van der Waals surface area contributed by atoms with Gasteiger partial charge in [-0.05, 0) is 75.2 Å². The summed E-state index contributed by atoms with van der Waals surface area (Å²) in [4.78, 5) is 13.5. The number of aromatic nitrogens is 4. The Morgan fingerprint density at radius 2 is 1.77 bits per heavy atom. The van der Waals surface area contributed by atoms with Crippen molar-refractivity contribution in [1.82, 2.24) is 25.1 Å². The number of fused-ring (bicyclic) bond motifs is 2. The number of rotatable bonds is 3. The Morgan fingerprint density at radius 1 is 0.933 bits per heavy atom. The van der Waals surface area contributed by atoms with Crippen LogP contribution in [0.3, 0.4) is 0 Å². The van der Waals surface area contributed by atoms with E-state index in [0.717, 1.165) is 52.6 Å². The molecule has 7 heteroatoms. The van der Waals surface area contributed by atoms with Crippen LogP contribution in [0.2, 0.25) is 5.02 Å². The highest BCUT2D eigenvalue weighted by molar-refractivity contribution is 6.31. The van der Waals surface area contributed by atoms with Gasteiger partial charge in [0.1, 0.15) is 5.69 Å². The van der Waals surface area contributed by atoms with E-state index in [1.807, 2.05) is 18.2 Å². The van der Waals surface area contributed by atoms with Crippen LogP contribution in [0.1, 0.15) is 25.7 Å². The van der Waals surface area contributed by atoms with E-state index in [0.29, 0.717) is 5.02 Å². The third-order valence-electron chi connectivity index (χ3n) is 6.70. The van der Waals surface area contributed by atoms with Crippen molar-refractivity contribution in [2.75, 3.05) is 31.1 Å². The predicted octanol–water partition coefficient (Wildman–Crippen LogP) is 4.82. The molecular weight excluding hydrogens is 396 g/mol. The highest BCUT2D eigenvalue weighted by Gasteiger charge is 2.26. The molecule has 0 radical (unpaired) electrons. The highest BCUT2D eigenvalue weighted by Crippen LogP contribution is 2.31. The lowest BCUT2D eigenvalue weighted by Crippen LogP contribution is -2.43. The van der Waals surface area contributed by atoms with E-state index in [1.165, 1.54) is 44.5 Å². The number of imidazole rings is 1. The number of anilines is 1. The summed E-state index contributed by atoms with van der Waals surface area (Å²) in [7, 11) is 0. The Bertz CT molecular complexity index is 1200. The fourth-order valence-corrected chi connectivity index (χ4v) is 5.24. The zero-order valence-electron chi connectivity index (χ0n) is 16.9. The van der Waals surface area contributed by atoms with E-state index in [2.05, 4.69) is 43.2 Å². The number of piperidine rings is 1. The Kier molecular flexibility index (Phi) is 4.43. The molecule has 0 amide bonds. The number of hydrogen-bond donors (Lipinski definition) is 2. The second kappa shape index (κ2) is 7.29. The van der Waals surface area contributed by atoms with Crippen LogP contribution < -0.4 is 4.90 Å². The fraction of sp³-hybridized carbons (Fsp3) is 0.391. The molecule has 0 spiro atoms. The van der Waals surface area contributed by atoms with Crippen molar-refractivity contribution >= 4 is 39.2 Å². The lowest BCUT2D eigenvalue weighted by atomic mass is 10.0. The van der Waals surface area contributed by atoms with Gasteiger partial charge in [0.2, 0.25) is 0 Å². The molecule has 2 saturated heterocycles. The van der Waals surface area contributed by atoms with Gasteiger partial charge in [0.25, 0.3) is 0 Å². The monoisotopic (exact) mass is 420 g/mol. The molecule has 2 aromatic carbocycles. The summed E-state index contributed by atoms with van der Waals surface area (Å²) >= 11 is 6.19. The van der Waals surface area contributed by atoms with Crippen molar-refractivity contribution in [3.8, 4) is 11.5 Å². The number of nitrogens with zero attached hydrogens (tertiary/aromatic N) is 4. The number of halogens is 1. The average Bonchev–Trinajstić information content (AvgIpc) is 3.52. The SMILES string of the molecule is Clc1ccc2[nH]nc(-c3nc4ccc(N5CCC(N6CCCC6)CC5)cc4[nH]3)c2c1. The summed E-state index contributed by atoms with van der Waals surface area (Å²) in [5.41, 5.74) is 5.03. The highest BCUT2D eigenvalue weighted by atomic mass is 35.5. The Morgan fingerprint density at radius 3 is 2.60 bits per heavy atom. The molecule has 2 N–H and O–H groups in total. The van der Waals surface area contributed by atoms with Crippen LogP contribution in [0.15, 0.2) is 36.4 Å². The summed E-state index contributed by atoms with van der Waals surface area (Å²) < 4.78 is 0. The maximum absolute atomic E-state index is 6.19. The van der Waals surface area contributed by atoms with Gasteiger partial charge >= 0.3 is 0 Å². The quantitative estimate of drug-likeness (QED) is 0.498. The summed E-state index contributed by atoms with van der Waals surface area (Å²) in [6.45, 7) is 4.83. The smallest absolute Gasteiger partial charge is 0.159 e. The molecule has 0 bridgehead atoms. The second-order valence-electron chi connectivity index (χ2n) is 8.51. The van der Waals surface area contributed by atoms with Crippen LogP contribution >= 0.6 is 11.6 Å². The van der Waals surface area contributed by atoms with Crippen molar-refractivity contribution in [3.05, 3.63) is 41.4 Å². The van der Waals surface area contributed by atoms with Crippen molar-refractivity contribution in [3.63, 3.8) is 0 Å². The summed E-state index contributed by atoms with van der Waals surface area (Å²) in [5, 5.41) is 9.21. The van der Waals surface area contributed by atoms with Gasteiger partial charge in [-0.15, -0.1) is 0 Å². The van der Waals surface area contributed by atoms with Crippen LogP contribution in [0.4, 0.5) is 5.69 Å². The molecule has 2 fully saturated rings. The molecule has 0 aliphatic carbocycles. The molecule has 154 valence electrons. The first-order valence-corrected chi connectivity index (χ1v) is 11.3. The molecule has 30 heavy (non-hydrogen) atoms. The second-order valence-corrected chi connectivity index (χ2v) is 8.95. The first kappa shape index (κ1) is 18.2. The van der Waals surface area contributed by atoms with E-state index in [1.54, 1.807) is 0 Å². The largest absolute Gasteiger partial charge is 0.371 e. The molecule has 0 saturated carbocycles. The summed E-state index contributed by atoms with van der Waals surface area (Å²) in [5.74, 6) is 0.767. The van der Waals surface area contributed by atoms with Gasteiger partial charge in [0.15, 0.2) is 5.82 Å². The number of likely N-dealkylation sites (tertiary alicyclic amines) is 1. The average molecular weight is 421 g/mol. The summed E-state index contributed by atoms with van der Waals surface area (Å²) in [6, 6.07) is 13.0. The zero-order valence-corrected chi connectivity index (χ0v) is 17.6. The lowest BCUT2D eigenvalue weighted by molar-refractivity contribution is 0.208. The van der Waals surface area contributed by atoms with Crippen LogP contribution in [-0.2, 0) is 0 Å².